The lowest BCUT2D eigenvalue weighted by Crippen LogP contribution is -2.28. The first-order valence-electron chi connectivity index (χ1n) is 9.36. The van der Waals surface area contributed by atoms with Crippen LogP contribution >= 0.6 is 11.8 Å². The Labute approximate surface area is 182 Å². The molecule has 0 saturated heterocycles. The lowest BCUT2D eigenvalue weighted by atomic mass is 10.2. The van der Waals surface area contributed by atoms with Crippen LogP contribution in [0, 0.1) is 0 Å². The molecule has 0 bridgehead atoms. The zero-order chi connectivity index (χ0) is 22.4. The number of aromatic carboxylic acids is 1. The molecule has 1 heterocycles. The maximum Gasteiger partial charge on any atom is 0.335 e. The van der Waals surface area contributed by atoms with Gasteiger partial charge in [-0.25, -0.2) is 4.79 Å². The topological polar surface area (TPSA) is 126 Å². The van der Waals surface area contributed by atoms with Crippen LogP contribution in [0.4, 0.5) is 5.69 Å². The number of carbonyl (C=O) groups excluding carboxylic acids is 2. The van der Waals surface area contributed by atoms with Crippen molar-refractivity contribution in [3.8, 4) is 0 Å². The highest BCUT2D eigenvalue weighted by Gasteiger charge is 2.19. The second kappa shape index (κ2) is 9.90. The van der Waals surface area contributed by atoms with Gasteiger partial charge in [-0.2, -0.15) is 0 Å². The average Bonchev–Trinajstić information content (AvgIpc) is 3.13. The van der Waals surface area contributed by atoms with Crippen LogP contribution in [0.25, 0.3) is 0 Å². The van der Waals surface area contributed by atoms with Gasteiger partial charge in [-0.3, -0.25) is 9.59 Å². The van der Waals surface area contributed by atoms with Crippen molar-refractivity contribution in [2.45, 2.75) is 18.1 Å². The fourth-order valence-electron chi connectivity index (χ4n) is 2.82. The highest BCUT2D eigenvalue weighted by Crippen LogP contribution is 2.20. The summed E-state index contributed by atoms with van der Waals surface area (Å²) in [6.45, 7) is 1.81. The van der Waals surface area contributed by atoms with Crippen LogP contribution in [0.2, 0.25) is 0 Å². The fourth-order valence-corrected chi connectivity index (χ4v) is 3.54. The Hall–Kier alpha value is -3.66. The van der Waals surface area contributed by atoms with Gasteiger partial charge in [0.25, 0.3) is 5.91 Å². The molecule has 0 aliphatic carbocycles. The summed E-state index contributed by atoms with van der Waals surface area (Å²) in [5.41, 5.74) is 1.05. The molecular formula is C21H21N5O4S. The van der Waals surface area contributed by atoms with Crippen molar-refractivity contribution < 1.29 is 19.5 Å². The number of thioether (sulfide) groups is 1. The molecule has 0 aliphatic rings. The third kappa shape index (κ3) is 5.70. The van der Waals surface area contributed by atoms with Gasteiger partial charge in [-0.05, 0) is 37.3 Å². The standard InChI is InChI=1S/C21H21N5O4S/c1-13(22-19(28)14-7-4-3-5-8-14)18-24-25-21(26(18)2)31-12-17(27)23-16-10-6-9-15(11-16)20(29)30/h3-11,13H,12H2,1-2H3,(H,22,28)(H,23,27)(H,29,30)/t13-/m1/s1. The molecule has 160 valence electrons. The number of carboxylic acid groups (broad SMARTS) is 1. The van der Waals surface area contributed by atoms with Crippen LogP contribution in [-0.4, -0.2) is 43.4 Å². The summed E-state index contributed by atoms with van der Waals surface area (Å²) in [4.78, 5) is 35.6. The molecule has 1 atom stereocenters. The number of nitrogens with one attached hydrogen (secondary N) is 2. The van der Waals surface area contributed by atoms with E-state index in [1.54, 1.807) is 54.9 Å². The van der Waals surface area contributed by atoms with Gasteiger partial charge < -0.3 is 20.3 Å². The first-order valence-corrected chi connectivity index (χ1v) is 10.3. The first-order chi connectivity index (χ1) is 14.8. The van der Waals surface area contributed by atoms with Crippen LogP contribution in [0.15, 0.2) is 59.8 Å². The number of nitrogens with zero attached hydrogens (tertiary/aromatic N) is 3. The van der Waals surface area contributed by atoms with Crippen molar-refractivity contribution in [1.29, 1.82) is 0 Å². The normalized spacial score (nSPS) is 11.5. The smallest absolute Gasteiger partial charge is 0.335 e. The Bertz CT molecular complexity index is 1100. The maximum absolute atomic E-state index is 12.3. The van der Waals surface area contributed by atoms with Gasteiger partial charge in [0.1, 0.15) is 0 Å². The van der Waals surface area contributed by atoms with Crippen LogP contribution < -0.4 is 10.6 Å². The Morgan fingerprint density at radius 2 is 1.77 bits per heavy atom. The van der Waals surface area contributed by atoms with Crippen molar-refractivity contribution >= 4 is 35.2 Å². The van der Waals surface area contributed by atoms with Gasteiger partial charge in [0.05, 0.1) is 17.4 Å². The zero-order valence-corrected chi connectivity index (χ0v) is 17.7. The lowest BCUT2D eigenvalue weighted by molar-refractivity contribution is -0.113. The SMILES string of the molecule is C[C@@H](NC(=O)c1ccccc1)c1nnc(SCC(=O)Nc2cccc(C(=O)O)c2)n1C. The molecule has 31 heavy (non-hydrogen) atoms. The van der Waals surface area contributed by atoms with Crippen molar-refractivity contribution in [3.05, 3.63) is 71.5 Å². The van der Waals surface area contributed by atoms with Gasteiger partial charge in [0.2, 0.25) is 5.91 Å². The number of amides is 2. The maximum atomic E-state index is 12.3. The molecule has 3 N–H and O–H groups in total. The summed E-state index contributed by atoms with van der Waals surface area (Å²) in [5.74, 6) is -0.962. The van der Waals surface area contributed by atoms with Gasteiger partial charge in [-0.1, -0.05) is 36.0 Å². The number of aromatic nitrogens is 3. The molecule has 0 aliphatic heterocycles. The Morgan fingerprint density at radius 3 is 2.48 bits per heavy atom. The number of hydrogen-bond acceptors (Lipinski definition) is 6. The Kier molecular flexibility index (Phi) is 7.03. The van der Waals surface area contributed by atoms with E-state index in [9.17, 15) is 14.4 Å². The molecule has 10 heteroatoms. The third-order valence-corrected chi connectivity index (χ3v) is 5.39. The van der Waals surface area contributed by atoms with E-state index in [1.807, 2.05) is 6.07 Å². The molecule has 2 aromatic carbocycles. The molecular weight excluding hydrogens is 418 g/mol. The summed E-state index contributed by atoms with van der Waals surface area (Å²) < 4.78 is 1.72. The minimum absolute atomic E-state index is 0.0635. The molecule has 0 radical (unpaired) electrons. The second-order valence-corrected chi connectivity index (χ2v) is 7.63. The molecule has 0 unspecified atom stereocenters. The number of hydrogen-bond donors (Lipinski definition) is 3. The van der Waals surface area contributed by atoms with Crippen LogP contribution in [0.3, 0.4) is 0 Å². The number of anilines is 1. The predicted molar refractivity (Wildman–Crippen MR) is 116 cm³/mol. The van der Waals surface area contributed by atoms with Gasteiger partial charge in [-0.15, -0.1) is 10.2 Å². The summed E-state index contributed by atoms with van der Waals surface area (Å²) in [5, 5.41) is 23.3. The largest absolute Gasteiger partial charge is 0.478 e. The monoisotopic (exact) mass is 439 g/mol. The predicted octanol–water partition coefficient (Wildman–Crippen LogP) is 2.74. The number of benzene rings is 2. The molecule has 2 amide bonds. The molecule has 0 saturated carbocycles. The van der Waals surface area contributed by atoms with Crippen LogP contribution in [0.1, 0.15) is 39.5 Å². The van der Waals surface area contributed by atoms with Gasteiger partial charge in [0, 0.05) is 18.3 Å². The lowest BCUT2D eigenvalue weighted by Gasteiger charge is -2.13. The summed E-state index contributed by atoms with van der Waals surface area (Å²) in [6, 6.07) is 14.5. The van der Waals surface area contributed by atoms with Gasteiger partial charge >= 0.3 is 5.97 Å². The number of rotatable bonds is 8. The molecule has 3 rings (SSSR count). The summed E-state index contributed by atoms with van der Waals surface area (Å²) in [7, 11) is 1.76. The van der Waals surface area contributed by atoms with Gasteiger partial charge in [0.15, 0.2) is 11.0 Å². The highest BCUT2D eigenvalue weighted by atomic mass is 32.2. The van der Waals surface area contributed by atoms with Crippen molar-refractivity contribution in [3.63, 3.8) is 0 Å². The van der Waals surface area contributed by atoms with Crippen molar-refractivity contribution in [1.82, 2.24) is 20.1 Å². The minimum atomic E-state index is -1.06. The van der Waals surface area contributed by atoms with Crippen LogP contribution in [-0.2, 0) is 11.8 Å². The summed E-state index contributed by atoms with van der Waals surface area (Å²) in [6.07, 6.45) is 0. The van der Waals surface area contributed by atoms with E-state index >= 15 is 0 Å². The highest BCUT2D eigenvalue weighted by molar-refractivity contribution is 7.99. The molecule has 0 fully saturated rings. The Morgan fingerprint density at radius 1 is 1.06 bits per heavy atom. The zero-order valence-electron chi connectivity index (χ0n) is 16.9. The Balaban J connectivity index is 1.57. The van der Waals surface area contributed by atoms with E-state index in [1.165, 1.54) is 23.9 Å². The van der Waals surface area contributed by atoms with Crippen molar-refractivity contribution in [2.75, 3.05) is 11.1 Å². The molecule has 9 nitrogen and oxygen atoms in total. The molecule has 3 aromatic rings. The molecule has 0 spiro atoms. The summed E-state index contributed by atoms with van der Waals surface area (Å²) >= 11 is 1.19. The average molecular weight is 439 g/mol. The van der Waals surface area contributed by atoms with E-state index in [2.05, 4.69) is 20.8 Å². The van der Waals surface area contributed by atoms with E-state index < -0.39 is 5.97 Å². The second-order valence-electron chi connectivity index (χ2n) is 6.68. The van der Waals surface area contributed by atoms with E-state index in [4.69, 9.17) is 5.11 Å². The fraction of sp³-hybridized carbons (Fsp3) is 0.190. The van der Waals surface area contributed by atoms with Crippen molar-refractivity contribution in [2.24, 2.45) is 7.05 Å². The minimum Gasteiger partial charge on any atom is -0.478 e. The number of carbonyl (C=O) groups is 3. The van der Waals surface area contributed by atoms with E-state index in [-0.39, 0.29) is 29.2 Å². The van der Waals surface area contributed by atoms with Crippen LogP contribution in [0.5, 0.6) is 0 Å². The van der Waals surface area contributed by atoms with E-state index in [0.29, 0.717) is 22.2 Å². The first kappa shape index (κ1) is 22.0. The third-order valence-electron chi connectivity index (χ3n) is 4.37. The number of carboxylic acids is 1. The van der Waals surface area contributed by atoms with E-state index in [0.717, 1.165) is 0 Å². The molecule has 1 aromatic heterocycles. The quantitative estimate of drug-likeness (QED) is 0.461.